The van der Waals surface area contributed by atoms with Gasteiger partial charge < -0.3 is 5.11 Å². The summed E-state index contributed by atoms with van der Waals surface area (Å²) in [4.78, 5) is 12.9. The molecule has 1 aromatic carbocycles. The van der Waals surface area contributed by atoms with Crippen molar-refractivity contribution in [2.45, 2.75) is 13.1 Å². The van der Waals surface area contributed by atoms with Gasteiger partial charge in [0.25, 0.3) is 0 Å². The number of aromatic carboxylic acids is 1. The van der Waals surface area contributed by atoms with Crippen LogP contribution in [0.2, 0.25) is 0 Å². The Morgan fingerprint density at radius 1 is 1.17 bits per heavy atom. The van der Waals surface area contributed by atoms with Gasteiger partial charge in [-0.15, -0.1) is 0 Å². The summed E-state index contributed by atoms with van der Waals surface area (Å²) in [5.41, 5.74) is 2.77. The van der Waals surface area contributed by atoms with Crippen LogP contribution < -0.4 is 0 Å². The van der Waals surface area contributed by atoms with Crippen LogP contribution in [0.3, 0.4) is 0 Å². The smallest absolute Gasteiger partial charge is 0.335 e. The number of hydrogen-bond acceptors (Lipinski definition) is 3. The van der Waals surface area contributed by atoms with Crippen LogP contribution in [0, 0.1) is 0 Å². The quantitative estimate of drug-likeness (QED) is 0.899. The molecule has 2 aromatic rings. The van der Waals surface area contributed by atoms with Crippen LogP contribution in [0.25, 0.3) is 0 Å². The summed E-state index contributed by atoms with van der Waals surface area (Å²) >= 11 is 1.70. The van der Waals surface area contributed by atoms with Gasteiger partial charge in [-0.3, -0.25) is 4.90 Å². The first-order valence-electron chi connectivity index (χ1n) is 5.67. The minimum atomic E-state index is -0.881. The highest BCUT2D eigenvalue weighted by molar-refractivity contribution is 7.07. The van der Waals surface area contributed by atoms with Crippen LogP contribution in [0.1, 0.15) is 21.5 Å². The minimum absolute atomic E-state index is 0.333. The van der Waals surface area contributed by atoms with Gasteiger partial charge in [0.15, 0.2) is 0 Å². The summed E-state index contributed by atoms with van der Waals surface area (Å²) < 4.78 is 0. The third-order valence-corrected chi connectivity index (χ3v) is 3.42. The molecule has 18 heavy (non-hydrogen) atoms. The van der Waals surface area contributed by atoms with Crippen LogP contribution in [-0.4, -0.2) is 23.0 Å². The van der Waals surface area contributed by atoms with E-state index in [1.165, 1.54) is 5.56 Å². The molecule has 0 aliphatic heterocycles. The molecule has 0 saturated heterocycles. The molecule has 0 aliphatic rings. The van der Waals surface area contributed by atoms with E-state index in [2.05, 4.69) is 28.8 Å². The molecule has 0 fully saturated rings. The number of benzene rings is 1. The Labute approximate surface area is 110 Å². The summed E-state index contributed by atoms with van der Waals surface area (Å²) in [5, 5.41) is 13.0. The first kappa shape index (κ1) is 12.8. The molecule has 1 N–H and O–H groups in total. The highest BCUT2D eigenvalue weighted by Gasteiger charge is 2.04. The zero-order chi connectivity index (χ0) is 13.0. The Hall–Kier alpha value is -1.65. The minimum Gasteiger partial charge on any atom is -0.478 e. The molecule has 94 valence electrons. The average Bonchev–Trinajstić information content (AvgIpc) is 2.82. The second-order valence-corrected chi connectivity index (χ2v) is 5.09. The number of carbonyl (C=O) groups is 1. The second kappa shape index (κ2) is 5.80. The molecule has 0 saturated carbocycles. The SMILES string of the molecule is CN(Cc1ccc(C(=O)O)cc1)Cc1ccsc1. The van der Waals surface area contributed by atoms with Crippen LogP contribution in [0.4, 0.5) is 0 Å². The Bertz CT molecular complexity index is 505. The zero-order valence-corrected chi connectivity index (χ0v) is 11.0. The van der Waals surface area contributed by atoms with Crippen LogP contribution in [0.5, 0.6) is 0 Å². The molecule has 2 rings (SSSR count). The zero-order valence-electron chi connectivity index (χ0n) is 10.2. The maximum atomic E-state index is 10.7. The van der Waals surface area contributed by atoms with Crippen LogP contribution in [-0.2, 0) is 13.1 Å². The van der Waals surface area contributed by atoms with Crippen molar-refractivity contribution in [2.75, 3.05) is 7.05 Å². The molecule has 1 heterocycles. The van der Waals surface area contributed by atoms with E-state index in [9.17, 15) is 4.79 Å². The molecule has 4 heteroatoms. The largest absolute Gasteiger partial charge is 0.478 e. The fourth-order valence-electron chi connectivity index (χ4n) is 1.81. The molecule has 0 bridgehead atoms. The van der Waals surface area contributed by atoms with Gasteiger partial charge in [-0.05, 0) is 47.1 Å². The highest BCUT2D eigenvalue weighted by Crippen LogP contribution is 2.12. The number of thiophene rings is 1. The van der Waals surface area contributed by atoms with E-state index < -0.39 is 5.97 Å². The molecule has 0 aliphatic carbocycles. The molecule has 1 aromatic heterocycles. The summed E-state index contributed by atoms with van der Waals surface area (Å²) in [6.45, 7) is 1.72. The summed E-state index contributed by atoms with van der Waals surface area (Å²) in [6, 6.07) is 9.15. The lowest BCUT2D eigenvalue weighted by molar-refractivity contribution is 0.0697. The fourth-order valence-corrected chi connectivity index (χ4v) is 2.47. The third kappa shape index (κ3) is 3.42. The Kier molecular flexibility index (Phi) is 4.12. The lowest BCUT2D eigenvalue weighted by atomic mass is 10.1. The van der Waals surface area contributed by atoms with Crippen molar-refractivity contribution in [3.05, 3.63) is 57.8 Å². The predicted molar refractivity (Wildman–Crippen MR) is 72.9 cm³/mol. The van der Waals surface area contributed by atoms with Gasteiger partial charge in [-0.2, -0.15) is 11.3 Å². The highest BCUT2D eigenvalue weighted by atomic mass is 32.1. The van der Waals surface area contributed by atoms with Crippen molar-refractivity contribution in [3.8, 4) is 0 Å². The van der Waals surface area contributed by atoms with Crippen LogP contribution in [0.15, 0.2) is 41.1 Å². The van der Waals surface area contributed by atoms with Crippen molar-refractivity contribution in [3.63, 3.8) is 0 Å². The van der Waals surface area contributed by atoms with E-state index in [-0.39, 0.29) is 0 Å². The molecule has 0 atom stereocenters. The molecule has 0 unspecified atom stereocenters. The lowest BCUT2D eigenvalue weighted by Crippen LogP contribution is -2.16. The number of rotatable bonds is 5. The summed E-state index contributed by atoms with van der Waals surface area (Å²) in [6.07, 6.45) is 0. The number of carboxylic acids is 1. The van der Waals surface area contributed by atoms with Gasteiger partial charge in [-0.25, -0.2) is 4.79 Å². The van der Waals surface area contributed by atoms with E-state index in [4.69, 9.17) is 5.11 Å². The average molecular weight is 261 g/mol. The molecule has 0 radical (unpaired) electrons. The van der Waals surface area contributed by atoms with Gasteiger partial charge in [0.2, 0.25) is 0 Å². The van der Waals surface area contributed by atoms with Crippen molar-refractivity contribution in [1.82, 2.24) is 4.90 Å². The van der Waals surface area contributed by atoms with Gasteiger partial charge in [0.05, 0.1) is 5.56 Å². The van der Waals surface area contributed by atoms with Crippen molar-refractivity contribution in [1.29, 1.82) is 0 Å². The maximum Gasteiger partial charge on any atom is 0.335 e. The first-order chi connectivity index (χ1) is 8.65. The molecule has 3 nitrogen and oxygen atoms in total. The number of nitrogens with zero attached hydrogens (tertiary/aromatic N) is 1. The van der Waals surface area contributed by atoms with E-state index in [0.717, 1.165) is 18.7 Å². The second-order valence-electron chi connectivity index (χ2n) is 4.31. The Balaban J connectivity index is 1.94. The first-order valence-corrected chi connectivity index (χ1v) is 6.61. The summed E-state index contributed by atoms with van der Waals surface area (Å²) in [7, 11) is 2.06. The third-order valence-electron chi connectivity index (χ3n) is 2.69. The fraction of sp³-hybridized carbons (Fsp3) is 0.214. The predicted octanol–water partition coefficient (Wildman–Crippen LogP) is 3.08. The van der Waals surface area contributed by atoms with Crippen LogP contribution >= 0.6 is 11.3 Å². The van der Waals surface area contributed by atoms with E-state index in [1.54, 1.807) is 23.5 Å². The van der Waals surface area contributed by atoms with E-state index in [0.29, 0.717) is 5.56 Å². The van der Waals surface area contributed by atoms with Gasteiger partial charge >= 0.3 is 5.97 Å². The van der Waals surface area contributed by atoms with Crippen molar-refractivity contribution >= 4 is 17.3 Å². The van der Waals surface area contributed by atoms with Crippen molar-refractivity contribution in [2.24, 2.45) is 0 Å². The number of carboxylic acid groups (broad SMARTS) is 1. The van der Waals surface area contributed by atoms with Gasteiger partial charge in [-0.1, -0.05) is 12.1 Å². The molecular weight excluding hydrogens is 246 g/mol. The molecule has 0 spiro atoms. The van der Waals surface area contributed by atoms with E-state index in [1.807, 2.05) is 12.1 Å². The number of hydrogen-bond donors (Lipinski definition) is 1. The summed E-state index contributed by atoms with van der Waals surface area (Å²) in [5.74, 6) is -0.881. The maximum absolute atomic E-state index is 10.7. The Morgan fingerprint density at radius 3 is 2.39 bits per heavy atom. The Morgan fingerprint density at radius 2 is 1.83 bits per heavy atom. The topological polar surface area (TPSA) is 40.5 Å². The standard InChI is InChI=1S/C14H15NO2S/c1-15(9-12-6-7-18-10-12)8-11-2-4-13(5-3-11)14(16)17/h2-7,10H,8-9H2,1H3,(H,16,17). The lowest BCUT2D eigenvalue weighted by Gasteiger charge is -2.15. The van der Waals surface area contributed by atoms with Gasteiger partial charge in [0, 0.05) is 13.1 Å². The van der Waals surface area contributed by atoms with E-state index >= 15 is 0 Å². The van der Waals surface area contributed by atoms with Crippen molar-refractivity contribution < 1.29 is 9.90 Å². The normalized spacial score (nSPS) is 10.8. The van der Waals surface area contributed by atoms with Gasteiger partial charge in [0.1, 0.15) is 0 Å². The monoisotopic (exact) mass is 261 g/mol. The molecular formula is C14H15NO2S. The molecule has 0 amide bonds.